The normalized spacial score (nSPS) is 20.9. The summed E-state index contributed by atoms with van der Waals surface area (Å²) in [6.07, 6.45) is 1.69. The molecule has 0 aliphatic carbocycles. The van der Waals surface area contributed by atoms with Gasteiger partial charge in [-0.3, -0.25) is 14.4 Å². The lowest BCUT2D eigenvalue weighted by Crippen LogP contribution is -2.23. The Hall–Kier alpha value is -1.36. The van der Waals surface area contributed by atoms with Crippen molar-refractivity contribution in [3.8, 4) is 0 Å². The number of carboxylic acids is 1. The lowest BCUT2D eigenvalue weighted by molar-refractivity contribution is -0.141. The lowest BCUT2D eigenvalue weighted by Gasteiger charge is -2.14. The summed E-state index contributed by atoms with van der Waals surface area (Å²) in [6.45, 7) is 4.40. The van der Waals surface area contributed by atoms with Crippen molar-refractivity contribution in [2.45, 2.75) is 26.3 Å². The summed E-state index contributed by atoms with van der Waals surface area (Å²) >= 11 is 0. The molecule has 1 fully saturated rings. The Kier molecular flexibility index (Phi) is 3.47. The van der Waals surface area contributed by atoms with Crippen molar-refractivity contribution in [1.82, 2.24) is 14.7 Å². The Bertz CT molecular complexity index is 414. The summed E-state index contributed by atoms with van der Waals surface area (Å²) in [5.74, 6) is -0.874. The molecule has 1 aliphatic heterocycles. The Morgan fingerprint density at radius 2 is 2.41 bits per heavy atom. The van der Waals surface area contributed by atoms with Gasteiger partial charge in [-0.1, -0.05) is 6.92 Å². The van der Waals surface area contributed by atoms with Gasteiger partial charge in [-0.2, -0.15) is 5.10 Å². The van der Waals surface area contributed by atoms with Gasteiger partial charge < -0.3 is 5.11 Å². The summed E-state index contributed by atoms with van der Waals surface area (Å²) in [7, 11) is 1.94. The highest BCUT2D eigenvalue weighted by Crippen LogP contribution is 2.19. The molecule has 1 saturated heterocycles. The van der Waals surface area contributed by atoms with Crippen molar-refractivity contribution in [2.75, 3.05) is 13.1 Å². The quantitative estimate of drug-likeness (QED) is 0.845. The zero-order valence-corrected chi connectivity index (χ0v) is 10.4. The number of rotatable bonds is 4. The number of carbonyl (C=O) groups is 1. The van der Waals surface area contributed by atoms with Gasteiger partial charge in [0.05, 0.1) is 17.3 Å². The number of hydrogen-bond acceptors (Lipinski definition) is 3. The smallest absolute Gasteiger partial charge is 0.307 e. The molecule has 17 heavy (non-hydrogen) atoms. The van der Waals surface area contributed by atoms with Crippen molar-refractivity contribution in [1.29, 1.82) is 0 Å². The fourth-order valence-electron chi connectivity index (χ4n) is 2.30. The largest absolute Gasteiger partial charge is 0.481 e. The van der Waals surface area contributed by atoms with E-state index in [1.54, 1.807) is 0 Å². The first-order valence-electron chi connectivity index (χ1n) is 6.07. The Balaban J connectivity index is 1.97. The molecule has 0 aromatic carbocycles. The third-order valence-electron chi connectivity index (χ3n) is 3.40. The van der Waals surface area contributed by atoms with Crippen molar-refractivity contribution < 1.29 is 9.90 Å². The lowest BCUT2D eigenvalue weighted by atomic mass is 10.1. The van der Waals surface area contributed by atoms with Gasteiger partial charge in [-0.25, -0.2) is 0 Å². The summed E-state index contributed by atoms with van der Waals surface area (Å²) < 4.78 is 1.90. The summed E-state index contributed by atoms with van der Waals surface area (Å²) in [4.78, 5) is 13.1. The predicted octanol–water partition coefficient (Wildman–Crippen LogP) is 0.889. The highest BCUT2D eigenvalue weighted by Gasteiger charge is 2.28. The van der Waals surface area contributed by atoms with Crippen molar-refractivity contribution in [2.24, 2.45) is 13.0 Å². The number of aliphatic carboxylic acids is 1. The number of aromatic nitrogens is 2. The van der Waals surface area contributed by atoms with E-state index < -0.39 is 5.97 Å². The number of carboxylic acid groups (broad SMARTS) is 1. The number of likely N-dealkylation sites (tertiary alicyclic amines) is 1. The van der Waals surface area contributed by atoms with Crippen LogP contribution in [-0.2, 0) is 24.8 Å². The van der Waals surface area contributed by atoms with Crippen molar-refractivity contribution in [3.05, 3.63) is 17.5 Å². The zero-order chi connectivity index (χ0) is 12.4. The molecule has 2 heterocycles. The van der Waals surface area contributed by atoms with E-state index in [0.29, 0.717) is 6.54 Å². The molecule has 0 amide bonds. The van der Waals surface area contributed by atoms with Crippen LogP contribution in [0.1, 0.15) is 24.7 Å². The van der Waals surface area contributed by atoms with Gasteiger partial charge in [-0.15, -0.1) is 0 Å². The fraction of sp³-hybridized carbons (Fsp3) is 0.667. The van der Waals surface area contributed by atoms with Gasteiger partial charge in [0.25, 0.3) is 0 Å². The maximum Gasteiger partial charge on any atom is 0.307 e. The van der Waals surface area contributed by atoms with Gasteiger partial charge in [0.2, 0.25) is 0 Å². The van der Waals surface area contributed by atoms with Crippen LogP contribution in [0.15, 0.2) is 6.07 Å². The van der Waals surface area contributed by atoms with E-state index in [1.807, 2.05) is 11.7 Å². The molecule has 0 bridgehead atoms. The van der Waals surface area contributed by atoms with E-state index in [-0.39, 0.29) is 5.92 Å². The summed E-state index contributed by atoms with van der Waals surface area (Å²) in [5, 5.41) is 13.3. The van der Waals surface area contributed by atoms with E-state index >= 15 is 0 Å². The van der Waals surface area contributed by atoms with E-state index in [1.165, 1.54) is 0 Å². The van der Waals surface area contributed by atoms with Crippen LogP contribution >= 0.6 is 0 Å². The number of hydrogen-bond donors (Lipinski definition) is 1. The Morgan fingerprint density at radius 1 is 1.65 bits per heavy atom. The highest BCUT2D eigenvalue weighted by molar-refractivity contribution is 5.70. The average molecular weight is 237 g/mol. The second-order valence-corrected chi connectivity index (χ2v) is 4.66. The molecule has 1 N–H and O–H groups in total. The van der Waals surface area contributed by atoms with Crippen LogP contribution in [0, 0.1) is 5.92 Å². The molecule has 0 radical (unpaired) electrons. The molecule has 5 nitrogen and oxygen atoms in total. The van der Waals surface area contributed by atoms with Crippen LogP contribution in [-0.4, -0.2) is 38.8 Å². The molecular formula is C12H19N3O2. The van der Waals surface area contributed by atoms with E-state index in [9.17, 15) is 4.79 Å². The first-order valence-corrected chi connectivity index (χ1v) is 6.07. The van der Waals surface area contributed by atoms with Crippen LogP contribution in [0.3, 0.4) is 0 Å². The highest BCUT2D eigenvalue weighted by atomic mass is 16.4. The molecular weight excluding hydrogens is 218 g/mol. The fourth-order valence-corrected chi connectivity index (χ4v) is 2.30. The van der Waals surface area contributed by atoms with Gasteiger partial charge in [0.1, 0.15) is 0 Å². The second-order valence-electron chi connectivity index (χ2n) is 4.66. The van der Waals surface area contributed by atoms with Gasteiger partial charge in [0, 0.05) is 20.1 Å². The Morgan fingerprint density at radius 3 is 2.94 bits per heavy atom. The molecule has 1 atom stereocenters. The molecule has 0 spiro atoms. The topological polar surface area (TPSA) is 58.4 Å². The molecule has 2 rings (SSSR count). The third-order valence-corrected chi connectivity index (χ3v) is 3.40. The maximum absolute atomic E-state index is 10.9. The third kappa shape index (κ3) is 2.66. The molecule has 1 aromatic rings. The van der Waals surface area contributed by atoms with Crippen LogP contribution in [0.4, 0.5) is 0 Å². The van der Waals surface area contributed by atoms with Crippen LogP contribution < -0.4 is 0 Å². The maximum atomic E-state index is 10.9. The summed E-state index contributed by atoms with van der Waals surface area (Å²) in [5.41, 5.74) is 2.25. The van der Waals surface area contributed by atoms with Crippen molar-refractivity contribution >= 4 is 5.97 Å². The monoisotopic (exact) mass is 237 g/mol. The first-order chi connectivity index (χ1) is 8.10. The van der Waals surface area contributed by atoms with E-state index in [4.69, 9.17) is 5.11 Å². The van der Waals surface area contributed by atoms with Gasteiger partial charge in [0.15, 0.2) is 0 Å². The SMILES string of the molecule is CCc1cc(CN2CCC(C(=O)O)C2)n(C)n1. The predicted molar refractivity (Wildman–Crippen MR) is 63.6 cm³/mol. The van der Waals surface area contributed by atoms with Crippen molar-refractivity contribution in [3.63, 3.8) is 0 Å². The van der Waals surface area contributed by atoms with Gasteiger partial charge in [-0.05, 0) is 25.5 Å². The Labute approximate surface area is 101 Å². The minimum absolute atomic E-state index is 0.200. The molecule has 94 valence electrons. The van der Waals surface area contributed by atoms with Gasteiger partial charge >= 0.3 is 5.97 Å². The van der Waals surface area contributed by atoms with Crippen LogP contribution in [0.25, 0.3) is 0 Å². The molecule has 1 unspecified atom stereocenters. The minimum Gasteiger partial charge on any atom is -0.481 e. The van der Waals surface area contributed by atoms with E-state index in [2.05, 4.69) is 23.0 Å². The second kappa shape index (κ2) is 4.87. The molecule has 1 aliphatic rings. The molecule has 5 heteroatoms. The zero-order valence-electron chi connectivity index (χ0n) is 10.4. The average Bonchev–Trinajstić information content (AvgIpc) is 2.87. The van der Waals surface area contributed by atoms with E-state index in [0.717, 1.165) is 37.3 Å². The van der Waals surface area contributed by atoms with Crippen LogP contribution in [0.2, 0.25) is 0 Å². The molecule has 1 aromatic heterocycles. The number of nitrogens with zero attached hydrogens (tertiary/aromatic N) is 3. The molecule has 0 saturated carbocycles. The standard InChI is InChI=1S/C12H19N3O2/c1-3-10-6-11(14(2)13-10)8-15-5-4-9(7-15)12(16)17/h6,9H,3-5,7-8H2,1-2H3,(H,16,17). The summed E-state index contributed by atoms with van der Waals surface area (Å²) in [6, 6.07) is 2.11. The number of aryl methyl sites for hydroxylation is 2. The van der Waals surface area contributed by atoms with Crippen LogP contribution in [0.5, 0.6) is 0 Å². The minimum atomic E-state index is -0.674. The first kappa shape index (κ1) is 12.1.